The van der Waals surface area contributed by atoms with Crippen molar-refractivity contribution in [3.8, 4) is 0 Å². The summed E-state index contributed by atoms with van der Waals surface area (Å²) in [6, 6.07) is 3.71. The van der Waals surface area contributed by atoms with Gasteiger partial charge in [0.05, 0.1) is 11.3 Å². The molecule has 0 bridgehead atoms. The van der Waals surface area contributed by atoms with Crippen LogP contribution in [-0.4, -0.2) is 40.9 Å². The van der Waals surface area contributed by atoms with Gasteiger partial charge in [-0.25, -0.2) is 0 Å². The largest absolute Gasteiger partial charge is 0.377 e. The quantitative estimate of drug-likeness (QED) is 0.830. The Morgan fingerprint density at radius 2 is 2.29 bits per heavy atom. The van der Waals surface area contributed by atoms with Gasteiger partial charge in [0.1, 0.15) is 0 Å². The number of piperidine rings is 1. The maximum atomic E-state index is 5.71. The Hall–Kier alpha value is -0.710. The molecule has 1 aliphatic rings. The molecule has 0 aromatic carbocycles. The van der Waals surface area contributed by atoms with Gasteiger partial charge in [-0.05, 0) is 38.4 Å². The number of nitrogens with zero attached hydrogens (tertiary/aromatic N) is 3. The Morgan fingerprint density at radius 1 is 1.47 bits per heavy atom. The van der Waals surface area contributed by atoms with Crippen molar-refractivity contribution in [3.63, 3.8) is 0 Å². The molecule has 1 unspecified atom stereocenters. The molecule has 0 amide bonds. The van der Waals surface area contributed by atoms with E-state index in [0.29, 0.717) is 5.15 Å². The summed E-state index contributed by atoms with van der Waals surface area (Å²) in [6.07, 6.45) is 2.28. The molecular formula is C12H18ClN3O. The number of rotatable bonds is 3. The number of ether oxygens (including phenoxy) is 1. The molecule has 17 heavy (non-hydrogen) atoms. The second kappa shape index (κ2) is 5.29. The first-order valence-electron chi connectivity index (χ1n) is 5.87. The lowest BCUT2D eigenvalue weighted by Crippen LogP contribution is -2.46. The minimum Gasteiger partial charge on any atom is -0.377 e. The van der Waals surface area contributed by atoms with E-state index in [4.69, 9.17) is 16.3 Å². The smallest absolute Gasteiger partial charge is 0.151 e. The minimum absolute atomic E-state index is 0.0297. The molecule has 2 rings (SSSR count). The van der Waals surface area contributed by atoms with Crippen molar-refractivity contribution < 1.29 is 4.74 Å². The summed E-state index contributed by atoms with van der Waals surface area (Å²) in [5.74, 6) is 0. The van der Waals surface area contributed by atoms with Gasteiger partial charge in [-0.2, -0.15) is 5.10 Å². The molecule has 4 nitrogen and oxygen atoms in total. The summed E-state index contributed by atoms with van der Waals surface area (Å²) < 4.78 is 5.57. The summed E-state index contributed by atoms with van der Waals surface area (Å²) >= 11 is 5.71. The molecular weight excluding hydrogens is 238 g/mol. The Kier molecular flexibility index (Phi) is 3.97. The predicted molar refractivity (Wildman–Crippen MR) is 67.0 cm³/mol. The van der Waals surface area contributed by atoms with E-state index in [9.17, 15) is 0 Å². The second-order valence-corrected chi connectivity index (χ2v) is 5.20. The van der Waals surface area contributed by atoms with E-state index in [1.807, 2.05) is 6.07 Å². The fourth-order valence-electron chi connectivity index (χ4n) is 2.27. The summed E-state index contributed by atoms with van der Waals surface area (Å²) in [4.78, 5) is 2.35. The Balaban J connectivity index is 1.97. The molecule has 1 saturated heterocycles. The van der Waals surface area contributed by atoms with Gasteiger partial charge in [0.25, 0.3) is 0 Å². The molecule has 0 radical (unpaired) electrons. The lowest BCUT2D eigenvalue weighted by atomic mass is 9.95. The van der Waals surface area contributed by atoms with Crippen LogP contribution < -0.4 is 0 Å². The molecule has 0 spiro atoms. The van der Waals surface area contributed by atoms with Crippen LogP contribution in [0.3, 0.4) is 0 Å². The SMILES string of the molecule is COC1(C)CCCN(Cc2ccc(Cl)nn2)C1. The number of methoxy groups -OCH3 is 1. The third-order valence-corrected chi connectivity index (χ3v) is 3.51. The fourth-order valence-corrected chi connectivity index (χ4v) is 2.37. The highest BCUT2D eigenvalue weighted by atomic mass is 35.5. The average Bonchev–Trinajstić information content (AvgIpc) is 2.32. The molecule has 0 N–H and O–H groups in total. The van der Waals surface area contributed by atoms with Crippen molar-refractivity contribution in [2.75, 3.05) is 20.2 Å². The number of aromatic nitrogens is 2. The third-order valence-electron chi connectivity index (χ3n) is 3.30. The number of likely N-dealkylation sites (tertiary alicyclic amines) is 1. The van der Waals surface area contributed by atoms with Crippen LogP contribution in [0.2, 0.25) is 5.15 Å². The highest BCUT2D eigenvalue weighted by Crippen LogP contribution is 2.24. The van der Waals surface area contributed by atoms with Crippen LogP contribution in [0.25, 0.3) is 0 Å². The molecule has 1 atom stereocenters. The van der Waals surface area contributed by atoms with Crippen LogP contribution >= 0.6 is 11.6 Å². The maximum absolute atomic E-state index is 5.71. The average molecular weight is 256 g/mol. The zero-order valence-electron chi connectivity index (χ0n) is 10.3. The zero-order chi connectivity index (χ0) is 12.3. The summed E-state index contributed by atoms with van der Waals surface area (Å²) in [7, 11) is 1.78. The van der Waals surface area contributed by atoms with Crippen molar-refractivity contribution >= 4 is 11.6 Å². The normalized spacial score (nSPS) is 26.1. The Labute approximate surface area is 107 Å². The molecule has 5 heteroatoms. The lowest BCUT2D eigenvalue weighted by Gasteiger charge is -2.39. The zero-order valence-corrected chi connectivity index (χ0v) is 11.1. The van der Waals surface area contributed by atoms with Gasteiger partial charge in [0.2, 0.25) is 0 Å². The molecule has 1 aromatic heterocycles. The molecule has 0 aliphatic carbocycles. The minimum atomic E-state index is -0.0297. The first-order valence-corrected chi connectivity index (χ1v) is 6.25. The van der Waals surface area contributed by atoms with Gasteiger partial charge >= 0.3 is 0 Å². The summed E-state index contributed by atoms with van der Waals surface area (Å²) in [5, 5.41) is 8.38. The van der Waals surface area contributed by atoms with E-state index < -0.39 is 0 Å². The first kappa shape index (κ1) is 12.7. The fraction of sp³-hybridized carbons (Fsp3) is 0.667. The van der Waals surface area contributed by atoms with Crippen LogP contribution in [0.5, 0.6) is 0 Å². The molecule has 2 heterocycles. The molecule has 94 valence electrons. The highest BCUT2D eigenvalue weighted by molar-refractivity contribution is 6.29. The number of hydrogen-bond donors (Lipinski definition) is 0. The predicted octanol–water partition coefficient (Wildman–Crippen LogP) is 2.13. The van der Waals surface area contributed by atoms with Gasteiger partial charge in [-0.1, -0.05) is 11.6 Å². The molecule has 1 fully saturated rings. The molecule has 0 saturated carbocycles. The monoisotopic (exact) mass is 255 g/mol. The third kappa shape index (κ3) is 3.37. The van der Waals surface area contributed by atoms with E-state index >= 15 is 0 Å². The Morgan fingerprint density at radius 3 is 2.94 bits per heavy atom. The lowest BCUT2D eigenvalue weighted by molar-refractivity contribution is -0.0529. The van der Waals surface area contributed by atoms with E-state index in [1.54, 1.807) is 13.2 Å². The van der Waals surface area contributed by atoms with Gasteiger partial charge in [-0.15, -0.1) is 5.10 Å². The number of halogens is 1. The number of hydrogen-bond acceptors (Lipinski definition) is 4. The van der Waals surface area contributed by atoms with Crippen molar-refractivity contribution in [1.82, 2.24) is 15.1 Å². The van der Waals surface area contributed by atoms with Gasteiger partial charge in [-0.3, -0.25) is 4.90 Å². The summed E-state index contributed by atoms with van der Waals surface area (Å²) in [5.41, 5.74) is 0.924. The van der Waals surface area contributed by atoms with Crippen LogP contribution in [0.1, 0.15) is 25.5 Å². The second-order valence-electron chi connectivity index (χ2n) is 4.82. The van der Waals surface area contributed by atoms with E-state index in [-0.39, 0.29) is 5.60 Å². The van der Waals surface area contributed by atoms with Crippen LogP contribution in [0, 0.1) is 0 Å². The van der Waals surface area contributed by atoms with Gasteiger partial charge in [0, 0.05) is 20.2 Å². The topological polar surface area (TPSA) is 38.2 Å². The Bertz CT molecular complexity index is 371. The van der Waals surface area contributed by atoms with E-state index in [1.165, 1.54) is 0 Å². The van der Waals surface area contributed by atoms with Gasteiger partial charge < -0.3 is 4.74 Å². The maximum Gasteiger partial charge on any atom is 0.151 e. The van der Waals surface area contributed by atoms with E-state index in [0.717, 1.165) is 38.2 Å². The van der Waals surface area contributed by atoms with Crippen molar-refractivity contribution in [1.29, 1.82) is 0 Å². The molecule has 1 aliphatic heterocycles. The van der Waals surface area contributed by atoms with Crippen molar-refractivity contribution in [2.24, 2.45) is 0 Å². The van der Waals surface area contributed by atoms with E-state index in [2.05, 4.69) is 22.0 Å². The first-order chi connectivity index (χ1) is 8.11. The van der Waals surface area contributed by atoms with Crippen LogP contribution in [0.4, 0.5) is 0 Å². The van der Waals surface area contributed by atoms with Crippen LogP contribution in [0.15, 0.2) is 12.1 Å². The van der Waals surface area contributed by atoms with Gasteiger partial charge in [0.15, 0.2) is 5.15 Å². The highest BCUT2D eigenvalue weighted by Gasteiger charge is 2.30. The van der Waals surface area contributed by atoms with Crippen molar-refractivity contribution in [3.05, 3.63) is 23.0 Å². The summed E-state index contributed by atoms with van der Waals surface area (Å²) in [6.45, 7) is 4.99. The molecule has 1 aromatic rings. The standard InChI is InChI=1S/C12H18ClN3O/c1-12(17-2)6-3-7-16(9-12)8-10-4-5-11(13)15-14-10/h4-5H,3,6-9H2,1-2H3. The van der Waals surface area contributed by atoms with Crippen LogP contribution in [-0.2, 0) is 11.3 Å². The van der Waals surface area contributed by atoms with Crippen molar-refractivity contribution in [2.45, 2.75) is 31.9 Å².